The normalized spacial score (nSPS) is 12.2. The van der Waals surface area contributed by atoms with Crippen LogP contribution >= 0.6 is 15.9 Å². The summed E-state index contributed by atoms with van der Waals surface area (Å²) in [5, 5.41) is 0. The number of hydrogen-bond acceptors (Lipinski definition) is 3. The van der Waals surface area contributed by atoms with Gasteiger partial charge in [-0.05, 0) is 18.2 Å². The number of ketones is 1. The maximum Gasteiger partial charge on any atom is 0.165 e. The molecule has 4 heteroatoms. The lowest BCUT2D eigenvalue weighted by molar-refractivity contribution is -0.128. The minimum absolute atomic E-state index is 0.0406. The summed E-state index contributed by atoms with van der Waals surface area (Å²) in [6.07, 6.45) is -0.119. The number of carbonyl (C=O) groups is 1. The molecule has 0 spiro atoms. The molecule has 0 amide bonds. The van der Waals surface area contributed by atoms with E-state index in [1.807, 2.05) is 25.1 Å². The van der Waals surface area contributed by atoms with Crippen LogP contribution in [0.4, 0.5) is 0 Å². The van der Waals surface area contributed by atoms with Gasteiger partial charge in [-0.15, -0.1) is 0 Å². The lowest BCUT2D eigenvalue weighted by Gasteiger charge is -2.17. The van der Waals surface area contributed by atoms with Gasteiger partial charge in [0.1, 0.15) is 11.9 Å². The highest BCUT2D eigenvalue weighted by atomic mass is 79.9. The van der Waals surface area contributed by atoms with E-state index in [0.29, 0.717) is 12.2 Å². The highest BCUT2D eigenvalue weighted by Gasteiger charge is 2.22. The van der Waals surface area contributed by atoms with E-state index in [0.717, 1.165) is 10.0 Å². The van der Waals surface area contributed by atoms with Gasteiger partial charge in [-0.3, -0.25) is 4.79 Å². The molecule has 88 valence electrons. The van der Waals surface area contributed by atoms with Gasteiger partial charge >= 0.3 is 0 Å². The van der Waals surface area contributed by atoms with Gasteiger partial charge < -0.3 is 9.47 Å². The van der Waals surface area contributed by atoms with Crippen molar-refractivity contribution in [2.45, 2.75) is 19.4 Å². The average Bonchev–Trinajstić information content (AvgIpc) is 2.30. The smallest absolute Gasteiger partial charge is 0.165 e. The number of hydrogen-bond donors (Lipinski definition) is 0. The molecule has 0 bridgehead atoms. The third kappa shape index (κ3) is 2.83. The molecule has 0 saturated heterocycles. The van der Waals surface area contributed by atoms with E-state index in [4.69, 9.17) is 9.47 Å². The number of benzene rings is 1. The highest BCUT2D eigenvalue weighted by Crippen LogP contribution is 2.31. The number of rotatable bonds is 5. The molecule has 0 aliphatic heterocycles. The maximum atomic E-state index is 11.7. The highest BCUT2D eigenvalue weighted by molar-refractivity contribution is 9.10. The van der Waals surface area contributed by atoms with Crippen LogP contribution in [-0.4, -0.2) is 20.0 Å². The Kier molecular flexibility index (Phi) is 4.96. The molecule has 16 heavy (non-hydrogen) atoms. The standard InChI is InChI=1S/C12H15BrO3/c1-4-10(14)12(16-3)9-7-8(13)5-6-11(9)15-2/h5-7,12H,4H2,1-3H3. The van der Waals surface area contributed by atoms with Crippen LogP contribution in [0.1, 0.15) is 25.0 Å². The molecule has 1 unspecified atom stereocenters. The summed E-state index contributed by atoms with van der Waals surface area (Å²) in [6, 6.07) is 5.53. The molecule has 0 aliphatic rings. The van der Waals surface area contributed by atoms with Crippen molar-refractivity contribution in [2.75, 3.05) is 14.2 Å². The van der Waals surface area contributed by atoms with Crippen molar-refractivity contribution in [3.8, 4) is 5.75 Å². The summed E-state index contributed by atoms with van der Waals surface area (Å²) in [5.41, 5.74) is 0.756. The van der Waals surface area contributed by atoms with Crippen molar-refractivity contribution in [3.05, 3.63) is 28.2 Å². The topological polar surface area (TPSA) is 35.5 Å². The average molecular weight is 287 g/mol. The Labute approximate surface area is 104 Å². The number of methoxy groups -OCH3 is 2. The van der Waals surface area contributed by atoms with E-state index in [-0.39, 0.29) is 5.78 Å². The van der Waals surface area contributed by atoms with Crippen LogP contribution in [0.3, 0.4) is 0 Å². The SMILES string of the molecule is CCC(=O)C(OC)c1cc(Br)ccc1OC. The second kappa shape index (κ2) is 6.01. The predicted molar refractivity (Wildman–Crippen MR) is 65.7 cm³/mol. The third-order valence-electron chi connectivity index (χ3n) is 2.35. The van der Waals surface area contributed by atoms with Crippen LogP contribution in [0.25, 0.3) is 0 Å². The van der Waals surface area contributed by atoms with E-state index < -0.39 is 6.10 Å². The van der Waals surface area contributed by atoms with Crippen LogP contribution in [0.5, 0.6) is 5.75 Å². The van der Waals surface area contributed by atoms with Crippen molar-refractivity contribution in [1.82, 2.24) is 0 Å². The van der Waals surface area contributed by atoms with Gasteiger partial charge in [0.25, 0.3) is 0 Å². The van der Waals surface area contributed by atoms with Crippen molar-refractivity contribution < 1.29 is 14.3 Å². The van der Waals surface area contributed by atoms with Gasteiger partial charge in [0, 0.05) is 23.6 Å². The minimum Gasteiger partial charge on any atom is -0.496 e. The third-order valence-corrected chi connectivity index (χ3v) is 2.84. The zero-order chi connectivity index (χ0) is 12.1. The Bertz CT molecular complexity index is 377. The fourth-order valence-corrected chi connectivity index (χ4v) is 1.91. The van der Waals surface area contributed by atoms with E-state index >= 15 is 0 Å². The molecule has 1 atom stereocenters. The molecule has 0 fully saturated rings. The Morgan fingerprint density at radius 2 is 2.12 bits per heavy atom. The van der Waals surface area contributed by atoms with Crippen LogP contribution in [-0.2, 0) is 9.53 Å². The van der Waals surface area contributed by atoms with Gasteiger partial charge in [-0.2, -0.15) is 0 Å². The van der Waals surface area contributed by atoms with Gasteiger partial charge in [-0.1, -0.05) is 22.9 Å². The molecule has 1 aromatic rings. The Balaban J connectivity index is 3.17. The lowest BCUT2D eigenvalue weighted by atomic mass is 10.0. The first-order valence-electron chi connectivity index (χ1n) is 5.03. The second-order valence-corrected chi connectivity index (χ2v) is 4.24. The fourth-order valence-electron chi connectivity index (χ4n) is 1.53. The zero-order valence-electron chi connectivity index (χ0n) is 9.62. The molecule has 0 heterocycles. The molecule has 0 radical (unpaired) electrons. The largest absolute Gasteiger partial charge is 0.496 e. The van der Waals surface area contributed by atoms with E-state index in [2.05, 4.69) is 15.9 Å². The molecular weight excluding hydrogens is 272 g/mol. The Hall–Kier alpha value is -0.870. The maximum absolute atomic E-state index is 11.7. The van der Waals surface area contributed by atoms with Gasteiger partial charge in [0.05, 0.1) is 7.11 Å². The van der Waals surface area contributed by atoms with Crippen LogP contribution < -0.4 is 4.74 Å². The molecule has 0 aromatic heterocycles. The summed E-state index contributed by atoms with van der Waals surface area (Å²) in [7, 11) is 3.11. The molecule has 0 N–H and O–H groups in total. The molecule has 1 aromatic carbocycles. The Morgan fingerprint density at radius 1 is 1.44 bits per heavy atom. The van der Waals surface area contributed by atoms with Crippen molar-refractivity contribution in [1.29, 1.82) is 0 Å². The van der Waals surface area contributed by atoms with Gasteiger partial charge in [-0.25, -0.2) is 0 Å². The van der Waals surface area contributed by atoms with E-state index in [9.17, 15) is 4.79 Å². The van der Waals surface area contributed by atoms with E-state index in [1.54, 1.807) is 7.11 Å². The number of Topliss-reactive ketones (excluding diaryl/α,β-unsaturated/α-hetero) is 1. The molecular formula is C12H15BrO3. The molecule has 0 saturated carbocycles. The summed E-state index contributed by atoms with van der Waals surface area (Å²) in [4.78, 5) is 11.7. The number of carbonyl (C=O) groups excluding carboxylic acids is 1. The van der Waals surface area contributed by atoms with Crippen molar-refractivity contribution in [2.24, 2.45) is 0 Å². The first kappa shape index (κ1) is 13.2. The lowest BCUT2D eigenvalue weighted by Crippen LogP contribution is -2.14. The quantitative estimate of drug-likeness (QED) is 0.834. The summed E-state index contributed by atoms with van der Waals surface area (Å²) >= 11 is 3.37. The fraction of sp³-hybridized carbons (Fsp3) is 0.417. The monoisotopic (exact) mass is 286 g/mol. The molecule has 3 nitrogen and oxygen atoms in total. The van der Waals surface area contributed by atoms with Gasteiger partial charge in [0.15, 0.2) is 5.78 Å². The molecule has 1 rings (SSSR count). The summed E-state index contributed by atoms with van der Waals surface area (Å²) in [5.74, 6) is 0.704. The zero-order valence-corrected chi connectivity index (χ0v) is 11.2. The van der Waals surface area contributed by atoms with Crippen molar-refractivity contribution in [3.63, 3.8) is 0 Å². The second-order valence-electron chi connectivity index (χ2n) is 3.32. The first-order valence-corrected chi connectivity index (χ1v) is 5.82. The first-order chi connectivity index (χ1) is 7.63. The van der Waals surface area contributed by atoms with E-state index in [1.165, 1.54) is 7.11 Å². The number of ether oxygens (including phenoxy) is 2. The Morgan fingerprint density at radius 3 is 2.62 bits per heavy atom. The molecule has 0 aliphatic carbocycles. The summed E-state index contributed by atoms with van der Waals surface area (Å²) < 4.78 is 11.4. The number of halogens is 1. The summed E-state index contributed by atoms with van der Waals surface area (Å²) in [6.45, 7) is 1.82. The van der Waals surface area contributed by atoms with Gasteiger partial charge in [0.2, 0.25) is 0 Å². The predicted octanol–water partition coefficient (Wildman–Crippen LogP) is 3.12. The van der Waals surface area contributed by atoms with Crippen LogP contribution in [0, 0.1) is 0 Å². The van der Waals surface area contributed by atoms with Crippen molar-refractivity contribution >= 4 is 21.7 Å². The van der Waals surface area contributed by atoms with Crippen LogP contribution in [0.15, 0.2) is 22.7 Å². The minimum atomic E-state index is -0.558. The van der Waals surface area contributed by atoms with Crippen LogP contribution in [0.2, 0.25) is 0 Å².